The summed E-state index contributed by atoms with van der Waals surface area (Å²) in [5.74, 6) is 0.753. The zero-order chi connectivity index (χ0) is 11.7. The molecule has 3 heterocycles. The van der Waals surface area contributed by atoms with Crippen molar-refractivity contribution < 1.29 is 9.63 Å². The zero-order valence-electron chi connectivity index (χ0n) is 8.44. The summed E-state index contributed by atoms with van der Waals surface area (Å²) in [5.41, 5.74) is 0.526. The van der Waals surface area contributed by atoms with Crippen LogP contribution >= 0.6 is 11.3 Å². The molecule has 0 radical (unpaired) electrons. The second-order valence-corrected chi connectivity index (χ2v) is 4.06. The fraction of sp³-hybridized carbons (Fsp3) is 0. The highest BCUT2D eigenvalue weighted by atomic mass is 32.1. The van der Waals surface area contributed by atoms with E-state index >= 15 is 0 Å². The molecule has 1 N–H and O–H groups in total. The molecule has 0 fully saturated rings. The minimum absolute atomic E-state index is 0.129. The Kier molecular flexibility index (Phi) is 2.30. The van der Waals surface area contributed by atoms with Gasteiger partial charge in [0.1, 0.15) is 16.3 Å². The van der Waals surface area contributed by atoms with Crippen LogP contribution in [0.15, 0.2) is 34.6 Å². The maximum atomic E-state index is 9.54. The van der Waals surface area contributed by atoms with Crippen LogP contribution in [0.2, 0.25) is 0 Å². The maximum absolute atomic E-state index is 9.54. The van der Waals surface area contributed by atoms with Crippen LogP contribution in [0.25, 0.3) is 22.3 Å². The Morgan fingerprint density at radius 2 is 2.24 bits per heavy atom. The van der Waals surface area contributed by atoms with Gasteiger partial charge in [0.25, 0.3) is 5.89 Å². The molecule has 7 heteroatoms. The molecule has 17 heavy (non-hydrogen) atoms. The molecule has 6 nitrogen and oxygen atoms in total. The van der Waals surface area contributed by atoms with Crippen molar-refractivity contribution in [3.05, 3.63) is 30.0 Å². The fourth-order valence-electron chi connectivity index (χ4n) is 1.30. The van der Waals surface area contributed by atoms with Gasteiger partial charge in [0.2, 0.25) is 5.82 Å². The molecule has 0 saturated carbocycles. The van der Waals surface area contributed by atoms with Crippen molar-refractivity contribution in [2.45, 2.75) is 0 Å². The lowest BCUT2D eigenvalue weighted by molar-refractivity contribution is 0.427. The Bertz CT molecular complexity index is 635. The van der Waals surface area contributed by atoms with E-state index in [1.807, 2.05) is 0 Å². The predicted octanol–water partition coefficient (Wildman–Crippen LogP) is 1.96. The Balaban J connectivity index is 2.02. The monoisotopic (exact) mass is 246 g/mol. The molecule has 3 aromatic heterocycles. The molecule has 0 aromatic carbocycles. The number of hydrogen-bond acceptors (Lipinski definition) is 7. The summed E-state index contributed by atoms with van der Waals surface area (Å²) in [5, 5.41) is 15.1. The third kappa shape index (κ3) is 1.76. The quantitative estimate of drug-likeness (QED) is 0.744. The third-order valence-electron chi connectivity index (χ3n) is 2.06. The Morgan fingerprint density at radius 3 is 2.94 bits per heavy atom. The van der Waals surface area contributed by atoms with E-state index < -0.39 is 0 Å². The minimum atomic E-state index is 0.129. The van der Waals surface area contributed by atoms with E-state index in [2.05, 4.69) is 20.1 Å². The van der Waals surface area contributed by atoms with Crippen molar-refractivity contribution in [1.82, 2.24) is 20.1 Å². The molecule has 0 atom stereocenters. The van der Waals surface area contributed by atoms with Crippen LogP contribution in [0.1, 0.15) is 0 Å². The van der Waals surface area contributed by atoms with Gasteiger partial charge in [-0.25, -0.2) is 4.98 Å². The number of thiophene rings is 1. The van der Waals surface area contributed by atoms with Crippen molar-refractivity contribution in [3.63, 3.8) is 0 Å². The smallest absolute Gasteiger partial charge is 0.272 e. The van der Waals surface area contributed by atoms with Crippen molar-refractivity contribution in [1.29, 1.82) is 0 Å². The number of hydrogen-bond donors (Lipinski definition) is 1. The highest BCUT2D eigenvalue weighted by molar-refractivity contribution is 7.13. The van der Waals surface area contributed by atoms with E-state index in [-0.39, 0.29) is 11.6 Å². The summed E-state index contributed by atoms with van der Waals surface area (Å²) < 4.78 is 5.07. The molecule has 3 aromatic rings. The predicted molar refractivity (Wildman–Crippen MR) is 60.3 cm³/mol. The number of nitrogens with zero attached hydrogens (tertiary/aromatic N) is 4. The van der Waals surface area contributed by atoms with E-state index in [1.54, 1.807) is 30.0 Å². The summed E-state index contributed by atoms with van der Waals surface area (Å²) in [6.45, 7) is 0. The summed E-state index contributed by atoms with van der Waals surface area (Å²) in [6.07, 6.45) is 4.66. The van der Waals surface area contributed by atoms with E-state index in [9.17, 15) is 5.11 Å². The van der Waals surface area contributed by atoms with Gasteiger partial charge in [-0.3, -0.25) is 4.98 Å². The zero-order valence-corrected chi connectivity index (χ0v) is 9.26. The molecule has 0 aliphatic carbocycles. The second-order valence-electron chi connectivity index (χ2n) is 3.15. The van der Waals surface area contributed by atoms with Crippen LogP contribution in [0, 0.1) is 0 Å². The normalized spacial score (nSPS) is 10.6. The molecule has 0 bridgehead atoms. The summed E-state index contributed by atoms with van der Waals surface area (Å²) >= 11 is 1.33. The van der Waals surface area contributed by atoms with E-state index in [0.717, 1.165) is 0 Å². The lowest BCUT2D eigenvalue weighted by Gasteiger charge is -1.89. The van der Waals surface area contributed by atoms with Crippen LogP contribution in [0.3, 0.4) is 0 Å². The van der Waals surface area contributed by atoms with Crippen LogP contribution in [0.4, 0.5) is 0 Å². The Morgan fingerprint density at radius 1 is 1.29 bits per heavy atom. The molecule has 0 aliphatic rings. The standard InChI is InChI=1S/C10H6N4O2S/c15-7-1-4-17-8(7)10-13-9(14-16-10)6-5-11-2-3-12-6/h1-5,15H. The summed E-state index contributed by atoms with van der Waals surface area (Å²) in [7, 11) is 0. The minimum Gasteiger partial charge on any atom is -0.506 e. The van der Waals surface area contributed by atoms with Gasteiger partial charge in [0, 0.05) is 12.4 Å². The van der Waals surface area contributed by atoms with Gasteiger partial charge >= 0.3 is 0 Å². The van der Waals surface area contributed by atoms with Crippen LogP contribution in [-0.2, 0) is 0 Å². The van der Waals surface area contributed by atoms with Gasteiger partial charge in [-0.2, -0.15) is 4.98 Å². The summed E-state index contributed by atoms with van der Waals surface area (Å²) in [4.78, 5) is 12.7. The third-order valence-corrected chi connectivity index (χ3v) is 2.95. The SMILES string of the molecule is Oc1ccsc1-c1nc(-c2cnccn2)no1. The average molecular weight is 246 g/mol. The molecule has 0 unspecified atom stereocenters. The number of rotatable bonds is 2. The topological polar surface area (TPSA) is 84.9 Å². The molecule has 0 amide bonds. The highest BCUT2D eigenvalue weighted by Crippen LogP contribution is 2.33. The molecular weight excluding hydrogens is 240 g/mol. The van der Waals surface area contributed by atoms with Gasteiger partial charge in [0.05, 0.1) is 6.20 Å². The first-order valence-electron chi connectivity index (χ1n) is 4.71. The average Bonchev–Trinajstić information content (AvgIpc) is 2.98. The Hall–Kier alpha value is -2.28. The summed E-state index contributed by atoms with van der Waals surface area (Å²) in [6, 6.07) is 1.58. The van der Waals surface area contributed by atoms with E-state index in [4.69, 9.17) is 4.52 Å². The van der Waals surface area contributed by atoms with Crippen molar-refractivity contribution in [2.24, 2.45) is 0 Å². The lowest BCUT2D eigenvalue weighted by Crippen LogP contribution is -1.85. The van der Waals surface area contributed by atoms with Crippen molar-refractivity contribution >= 4 is 11.3 Å². The lowest BCUT2D eigenvalue weighted by atomic mass is 10.4. The first kappa shape index (κ1) is 9.91. The van der Waals surface area contributed by atoms with Gasteiger partial charge < -0.3 is 9.63 Å². The second kappa shape index (κ2) is 3.95. The number of aromatic hydroxyl groups is 1. The molecule has 0 spiro atoms. The van der Waals surface area contributed by atoms with Gasteiger partial charge in [-0.15, -0.1) is 11.3 Å². The molecule has 84 valence electrons. The maximum Gasteiger partial charge on any atom is 0.272 e. The van der Waals surface area contributed by atoms with Crippen LogP contribution in [0.5, 0.6) is 5.75 Å². The molecular formula is C10H6N4O2S. The Labute approximate surface area is 99.6 Å². The largest absolute Gasteiger partial charge is 0.506 e. The van der Waals surface area contributed by atoms with Crippen LogP contribution < -0.4 is 0 Å². The first-order chi connectivity index (χ1) is 8.34. The molecule has 0 saturated heterocycles. The van der Waals surface area contributed by atoms with Crippen LogP contribution in [-0.4, -0.2) is 25.2 Å². The van der Waals surface area contributed by atoms with E-state index in [0.29, 0.717) is 16.4 Å². The van der Waals surface area contributed by atoms with Crippen molar-refractivity contribution in [2.75, 3.05) is 0 Å². The van der Waals surface area contributed by atoms with Crippen molar-refractivity contribution in [3.8, 4) is 28.0 Å². The number of aromatic nitrogens is 4. The molecule has 3 rings (SSSR count). The van der Waals surface area contributed by atoms with E-state index in [1.165, 1.54) is 11.3 Å². The van der Waals surface area contributed by atoms with Gasteiger partial charge in [-0.05, 0) is 11.4 Å². The van der Waals surface area contributed by atoms with Gasteiger partial charge in [-0.1, -0.05) is 5.16 Å². The first-order valence-corrected chi connectivity index (χ1v) is 5.59. The highest BCUT2D eigenvalue weighted by Gasteiger charge is 2.15. The molecule has 0 aliphatic heterocycles. The van der Waals surface area contributed by atoms with Gasteiger partial charge in [0.15, 0.2) is 0 Å². The fourth-order valence-corrected chi connectivity index (χ4v) is 2.00.